The van der Waals surface area contributed by atoms with E-state index in [4.69, 9.17) is 0 Å². The molecule has 22 heavy (non-hydrogen) atoms. The molecule has 0 bridgehead atoms. The van der Waals surface area contributed by atoms with Gasteiger partial charge in [-0.05, 0) is 60.4 Å². The molecule has 2 aromatic rings. The van der Waals surface area contributed by atoms with Gasteiger partial charge in [-0.25, -0.2) is 0 Å². The summed E-state index contributed by atoms with van der Waals surface area (Å²) in [5.74, 6) is -0.241. The van der Waals surface area contributed by atoms with Crippen molar-refractivity contribution in [3.8, 4) is 11.1 Å². The Morgan fingerprint density at radius 3 is 1.50 bits per heavy atom. The molecule has 0 aromatic heterocycles. The van der Waals surface area contributed by atoms with Crippen LogP contribution in [0.25, 0.3) is 11.1 Å². The van der Waals surface area contributed by atoms with E-state index >= 15 is 0 Å². The first-order chi connectivity index (χ1) is 10.6. The van der Waals surface area contributed by atoms with Crippen LogP contribution in [0, 0.1) is 13.8 Å². The molecule has 0 spiro atoms. The van der Waals surface area contributed by atoms with Crippen LogP contribution in [0.15, 0.2) is 72.8 Å². The van der Waals surface area contributed by atoms with E-state index in [9.17, 15) is 9.59 Å². The molecule has 0 unspecified atom stereocenters. The molecule has 0 aliphatic heterocycles. The van der Waals surface area contributed by atoms with Crippen molar-refractivity contribution >= 4 is 11.6 Å². The van der Waals surface area contributed by atoms with Crippen molar-refractivity contribution in [3.05, 3.63) is 84.0 Å². The first-order valence-corrected chi connectivity index (χ1v) is 7.13. The summed E-state index contributed by atoms with van der Waals surface area (Å²) in [4.78, 5) is 20.6. The van der Waals surface area contributed by atoms with Gasteiger partial charge in [0.1, 0.15) is 0 Å². The van der Waals surface area contributed by atoms with E-state index in [1.807, 2.05) is 0 Å². The zero-order valence-electron chi connectivity index (χ0n) is 12.7. The lowest BCUT2D eigenvalue weighted by molar-refractivity contribution is -0.113. The SMILES string of the molecule is Cc1cccc(C)c1-c1ccccc1.O=C1C=CC(=O)C=C1. The quantitative estimate of drug-likeness (QED) is 0.737. The number of carbonyl (C=O) groups is 2. The molecule has 3 rings (SSSR count). The molecule has 1 aliphatic carbocycles. The van der Waals surface area contributed by atoms with E-state index in [2.05, 4.69) is 62.4 Å². The summed E-state index contributed by atoms with van der Waals surface area (Å²) in [6.07, 6.45) is 5.01. The van der Waals surface area contributed by atoms with E-state index < -0.39 is 0 Å². The highest BCUT2D eigenvalue weighted by Crippen LogP contribution is 2.26. The van der Waals surface area contributed by atoms with Crippen molar-refractivity contribution in [2.24, 2.45) is 0 Å². The average Bonchev–Trinajstić information content (AvgIpc) is 2.52. The van der Waals surface area contributed by atoms with Crippen LogP contribution in [0.4, 0.5) is 0 Å². The summed E-state index contributed by atoms with van der Waals surface area (Å²) < 4.78 is 0. The summed E-state index contributed by atoms with van der Waals surface area (Å²) in [6.45, 7) is 4.32. The van der Waals surface area contributed by atoms with E-state index in [-0.39, 0.29) is 11.6 Å². The topological polar surface area (TPSA) is 34.1 Å². The van der Waals surface area contributed by atoms with Crippen LogP contribution in [0.3, 0.4) is 0 Å². The van der Waals surface area contributed by atoms with Gasteiger partial charge in [0.25, 0.3) is 0 Å². The number of rotatable bonds is 1. The predicted molar refractivity (Wildman–Crippen MR) is 89.6 cm³/mol. The molecular weight excluding hydrogens is 272 g/mol. The minimum atomic E-state index is -0.121. The lowest BCUT2D eigenvalue weighted by atomic mass is 9.96. The Bertz CT molecular complexity index is 679. The molecule has 2 heteroatoms. The van der Waals surface area contributed by atoms with Gasteiger partial charge in [-0.3, -0.25) is 9.59 Å². The summed E-state index contributed by atoms with van der Waals surface area (Å²) in [5.41, 5.74) is 5.36. The number of hydrogen-bond donors (Lipinski definition) is 0. The highest BCUT2D eigenvalue weighted by atomic mass is 16.1. The Morgan fingerprint density at radius 1 is 0.591 bits per heavy atom. The van der Waals surface area contributed by atoms with Crippen LogP contribution < -0.4 is 0 Å². The van der Waals surface area contributed by atoms with Gasteiger partial charge in [0.15, 0.2) is 11.6 Å². The molecule has 110 valence electrons. The fourth-order valence-electron chi connectivity index (χ4n) is 2.31. The van der Waals surface area contributed by atoms with Crippen LogP contribution in [0.5, 0.6) is 0 Å². The van der Waals surface area contributed by atoms with Crippen molar-refractivity contribution in [3.63, 3.8) is 0 Å². The van der Waals surface area contributed by atoms with Crippen molar-refractivity contribution in [2.75, 3.05) is 0 Å². The molecule has 2 aromatic carbocycles. The Hall–Kier alpha value is -2.74. The van der Waals surface area contributed by atoms with Crippen molar-refractivity contribution < 1.29 is 9.59 Å². The molecule has 0 N–H and O–H groups in total. The molecule has 1 aliphatic rings. The van der Waals surface area contributed by atoms with Crippen LogP contribution >= 0.6 is 0 Å². The first kappa shape index (κ1) is 15.6. The van der Waals surface area contributed by atoms with Gasteiger partial charge in [-0.2, -0.15) is 0 Å². The van der Waals surface area contributed by atoms with Crippen LogP contribution in [0.2, 0.25) is 0 Å². The van der Waals surface area contributed by atoms with Gasteiger partial charge in [0.05, 0.1) is 0 Å². The van der Waals surface area contributed by atoms with E-state index in [0.29, 0.717) is 0 Å². The van der Waals surface area contributed by atoms with Gasteiger partial charge in [0.2, 0.25) is 0 Å². The molecule has 0 saturated heterocycles. The molecule has 0 fully saturated rings. The fraction of sp³-hybridized carbons (Fsp3) is 0.100. The molecule has 0 heterocycles. The van der Waals surface area contributed by atoms with Crippen molar-refractivity contribution in [2.45, 2.75) is 13.8 Å². The lowest BCUT2D eigenvalue weighted by Gasteiger charge is -2.09. The third kappa shape index (κ3) is 4.13. The summed E-state index contributed by atoms with van der Waals surface area (Å²) in [6, 6.07) is 17.0. The Kier molecular flexibility index (Phi) is 5.21. The van der Waals surface area contributed by atoms with E-state index in [0.717, 1.165) is 0 Å². The maximum absolute atomic E-state index is 10.3. The van der Waals surface area contributed by atoms with Crippen molar-refractivity contribution in [1.82, 2.24) is 0 Å². The monoisotopic (exact) mass is 290 g/mol. The number of carbonyl (C=O) groups excluding carboxylic acids is 2. The maximum Gasteiger partial charge on any atom is 0.178 e. The minimum absolute atomic E-state index is 0.121. The largest absolute Gasteiger partial charge is 0.290 e. The molecule has 0 amide bonds. The second kappa shape index (κ2) is 7.32. The molecular formula is C20H18O2. The zero-order chi connectivity index (χ0) is 15.9. The van der Waals surface area contributed by atoms with Crippen LogP contribution in [0.1, 0.15) is 11.1 Å². The minimum Gasteiger partial charge on any atom is -0.290 e. The summed E-state index contributed by atoms with van der Waals surface area (Å²) in [5, 5.41) is 0. The first-order valence-electron chi connectivity index (χ1n) is 7.13. The fourth-order valence-corrected chi connectivity index (χ4v) is 2.31. The highest BCUT2D eigenvalue weighted by molar-refractivity contribution is 6.14. The molecule has 0 saturated carbocycles. The standard InChI is InChI=1S/C14H14.C6H4O2/c1-11-7-6-8-12(2)14(11)13-9-4-3-5-10-13;7-5-1-2-6(8)4-3-5/h3-10H,1-2H3;1-4H. The number of hydrogen-bond acceptors (Lipinski definition) is 2. The average molecular weight is 290 g/mol. The van der Waals surface area contributed by atoms with Gasteiger partial charge in [0, 0.05) is 0 Å². The van der Waals surface area contributed by atoms with Gasteiger partial charge in [-0.1, -0.05) is 48.5 Å². The molecule has 2 nitrogen and oxygen atoms in total. The number of benzene rings is 2. The van der Waals surface area contributed by atoms with Crippen molar-refractivity contribution in [1.29, 1.82) is 0 Å². The molecule has 0 radical (unpaired) electrons. The molecule has 0 atom stereocenters. The second-order valence-corrected chi connectivity index (χ2v) is 5.10. The third-order valence-corrected chi connectivity index (χ3v) is 3.37. The maximum atomic E-state index is 10.3. The number of allylic oxidation sites excluding steroid dienone is 4. The van der Waals surface area contributed by atoms with Crippen LogP contribution in [-0.2, 0) is 9.59 Å². The highest BCUT2D eigenvalue weighted by Gasteiger charge is 2.03. The van der Waals surface area contributed by atoms with E-state index in [1.165, 1.54) is 46.6 Å². The smallest absolute Gasteiger partial charge is 0.178 e. The summed E-state index contributed by atoms with van der Waals surface area (Å²) >= 11 is 0. The summed E-state index contributed by atoms with van der Waals surface area (Å²) in [7, 11) is 0. The normalized spacial score (nSPS) is 12.8. The lowest BCUT2D eigenvalue weighted by Crippen LogP contribution is -1.97. The Balaban J connectivity index is 0.000000188. The van der Waals surface area contributed by atoms with Gasteiger partial charge in [-0.15, -0.1) is 0 Å². The number of aryl methyl sites for hydroxylation is 2. The number of ketones is 2. The Labute approximate surface area is 130 Å². The van der Waals surface area contributed by atoms with Gasteiger partial charge >= 0.3 is 0 Å². The zero-order valence-corrected chi connectivity index (χ0v) is 12.7. The predicted octanol–water partition coefficient (Wildman–Crippen LogP) is 4.22. The van der Waals surface area contributed by atoms with Crippen LogP contribution in [-0.4, -0.2) is 11.6 Å². The van der Waals surface area contributed by atoms with E-state index in [1.54, 1.807) is 0 Å². The third-order valence-electron chi connectivity index (χ3n) is 3.37. The Morgan fingerprint density at radius 2 is 1.05 bits per heavy atom. The second-order valence-electron chi connectivity index (χ2n) is 5.10. The van der Waals surface area contributed by atoms with Gasteiger partial charge < -0.3 is 0 Å².